The van der Waals surface area contributed by atoms with Crippen LogP contribution in [-0.4, -0.2) is 51.6 Å². The van der Waals surface area contributed by atoms with Crippen LogP contribution in [-0.2, 0) is 4.79 Å². The fraction of sp³-hybridized carbons (Fsp3) is 0.467. The van der Waals surface area contributed by atoms with Crippen molar-refractivity contribution in [3.05, 3.63) is 29.6 Å². The van der Waals surface area contributed by atoms with Crippen molar-refractivity contribution in [2.24, 2.45) is 0 Å². The van der Waals surface area contributed by atoms with E-state index in [1.165, 1.54) is 11.1 Å². The third-order valence-electron chi connectivity index (χ3n) is 4.02. The van der Waals surface area contributed by atoms with E-state index >= 15 is 0 Å². The monoisotopic (exact) mass is 287 g/mol. The average molecular weight is 287 g/mol. The first-order valence-electron chi connectivity index (χ1n) is 7.24. The number of amides is 3. The van der Waals surface area contributed by atoms with Gasteiger partial charge < -0.3 is 4.90 Å². The van der Waals surface area contributed by atoms with E-state index in [9.17, 15) is 14.4 Å². The Morgan fingerprint density at radius 1 is 1.38 bits per heavy atom. The van der Waals surface area contributed by atoms with Crippen LogP contribution in [0.3, 0.4) is 0 Å². The molecule has 1 aromatic rings. The van der Waals surface area contributed by atoms with E-state index in [0.29, 0.717) is 31.5 Å². The SMILES string of the molecule is CCCC(=O)N1CCC(N2C(=O)c3cccnc3C2=O)C1. The fourth-order valence-corrected chi connectivity index (χ4v) is 2.97. The molecule has 0 N–H and O–H groups in total. The van der Waals surface area contributed by atoms with E-state index in [0.717, 1.165) is 6.42 Å². The summed E-state index contributed by atoms with van der Waals surface area (Å²) in [6, 6.07) is 3.04. The maximum Gasteiger partial charge on any atom is 0.280 e. The van der Waals surface area contributed by atoms with E-state index in [1.807, 2.05) is 6.92 Å². The quantitative estimate of drug-likeness (QED) is 0.780. The number of carbonyl (C=O) groups excluding carboxylic acids is 3. The number of pyridine rings is 1. The molecule has 1 aromatic heterocycles. The van der Waals surface area contributed by atoms with Crippen LogP contribution in [0, 0.1) is 0 Å². The Hall–Kier alpha value is -2.24. The Balaban J connectivity index is 1.77. The minimum atomic E-state index is -0.342. The Morgan fingerprint density at radius 2 is 2.19 bits per heavy atom. The van der Waals surface area contributed by atoms with Crippen LogP contribution in [0.15, 0.2) is 18.3 Å². The van der Waals surface area contributed by atoms with E-state index < -0.39 is 0 Å². The third-order valence-corrected chi connectivity index (χ3v) is 4.02. The molecule has 0 aromatic carbocycles. The molecule has 6 nitrogen and oxygen atoms in total. The van der Waals surface area contributed by atoms with Gasteiger partial charge >= 0.3 is 0 Å². The molecule has 0 bridgehead atoms. The fourth-order valence-electron chi connectivity index (χ4n) is 2.97. The normalized spacial score (nSPS) is 21.1. The molecule has 1 fully saturated rings. The molecule has 2 aliphatic heterocycles. The van der Waals surface area contributed by atoms with Crippen molar-refractivity contribution in [1.82, 2.24) is 14.8 Å². The summed E-state index contributed by atoms with van der Waals surface area (Å²) < 4.78 is 0. The highest BCUT2D eigenvalue weighted by Crippen LogP contribution is 2.27. The van der Waals surface area contributed by atoms with Crippen LogP contribution >= 0.6 is 0 Å². The molecule has 1 atom stereocenters. The summed E-state index contributed by atoms with van der Waals surface area (Å²) in [6.45, 7) is 3.00. The van der Waals surface area contributed by atoms with Gasteiger partial charge in [0.05, 0.1) is 11.6 Å². The summed E-state index contributed by atoms with van der Waals surface area (Å²) in [6.07, 6.45) is 3.47. The van der Waals surface area contributed by atoms with Crippen molar-refractivity contribution in [2.75, 3.05) is 13.1 Å². The molecule has 3 amide bonds. The number of imide groups is 1. The molecule has 0 spiro atoms. The standard InChI is InChI=1S/C15H17N3O3/c1-2-4-12(19)17-8-6-10(9-17)18-14(20)11-5-3-7-16-13(11)15(18)21/h3,5,7,10H,2,4,6,8-9H2,1H3. The summed E-state index contributed by atoms with van der Waals surface area (Å²) in [4.78, 5) is 43.6. The summed E-state index contributed by atoms with van der Waals surface area (Å²) in [7, 11) is 0. The first-order valence-corrected chi connectivity index (χ1v) is 7.24. The topological polar surface area (TPSA) is 70.6 Å². The van der Waals surface area contributed by atoms with Gasteiger partial charge in [-0.25, -0.2) is 0 Å². The number of fused-ring (bicyclic) bond motifs is 1. The summed E-state index contributed by atoms with van der Waals surface area (Å²) in [5.74, 6) is -0.544. The molecule has 0 aliphatic carbocycles. The molecule has 110 valence electrons. The van der Waals surface area contributed by atoms with Gasteiger partial charge in [-0.1, -0.05) is 6.92 Å². The number of hydrogen-bond donors (Lipinski definition) is 0. The first kappa shape index (κ1) is 13.7. The van der Waals surface area contributed by atoms with E-state index in [2.05, 4.69) is 4.98 Å². The molecule has 3 rings (SSSR count). The van der Waals surface area contributed by atoms with Gasteiger partial charge in [0.2, 0.25) is 5.91 Å². The second-order valence-electron chi connectivity index (χ2n) is 5.41. The molecule has 6 heteroatoms. The van der Waals surface area contributed by atoms with Gasteiger partial charge in [0.25, 0.3) is 11.8 Å². The molecule has 1 unspecified atom stereocenters. The molecular formula is C15H17N3O3. The van der Waals surface area contributed by atoms with E-state index in [4.69, 9.17) is 0 Å². The van der Waals surface area contributed by atoms with Gasteiger partial charge in [-0.2, -0.15) is 0 Å². The summed E-state index contributed by atoms with van der Waals surface area (Å²) in [5.41, 5.74) is 0.585. The van der Waals surface area contributed by atoms with Crippen LogP contribution in [0.5, 0.6) is 0 Å². The van der Waals surface area contributed by atoms with Gasteiger partial charge in [0.1, 0.15) is 5.69 Å². The molecule has 0 saturated carbocycles. The Labute approximate surface area is 122 Å². The van der Waals surface area contributed by atoms with Gasteiger partial charge in [-0.3, -0.25) is 24.3 Å². The number of nitrogens with zero attached hydrogens (tertiary/aromatic N) is 3. The van der Waals surface area contributed by atoms with Crippen LogP contribution in [0.1, 0.15) is 47.0 Å². The summed E-state index contributed by atoms with van der Waals surface area (Å²) >= 11 is 0. The lowest BCUT2D eigenvalue weighted by Gasteiger charge is -2.22. The van der Waals surface area contributed by atoms with Crippen molar-refractivity contribution in [3.63, 3.8) is 0 Å². The zero-order valence-electron chi connectivity index (χ0n) is 11.9. The third kappa shape index (κ3) is 2.20. The van der Waals surface area contributed by atoms with Crippen LogP contribution in [0.25, 0.3) is 0 Å². The van der Waals surface area contributed by atoms with E-state index in [1.54, 1.807) is 17.0 Å². The zero-order chi connectivity index (χ0) is 15.0. The van der Waals surface area contributed by atoms with Gasteiger partial charge in [-0.05, 0) is 25.0 Å². The van der Waals surface area contributed by atoms with Crippen LogP contribution in [0.2, 0.25) is 0 Å². The second-order valence-corrected chi connectivity index (χ2v) is 5.41. The Kier molecular flexibility index (Phi) is 3.45. The van der Waals surface area contributed by atoms with Crippen molar-refractivity contribution >= 4 is 17.7 Å². The molecule has 2 aliphatic rings. The summed E-state index contributed by atoms with van der Waals surface area (Å²) in [5, 5.41) is 0. The lowest BCUT2D eigenvalue weighted by Crippen LogP contribution is -2.42. The Morgan fingerprint density at radius 3 is 2.90 bits per heavy atom. The number of aromatic nitrogens is 1. The van der Waals surface area contributed by atoms with Gasteiger partial charge in [0, 0.05) is 25.7 Å². The number of rotatable bonds is 3. The predicted molar refractivity (Wildman–Crippen MR) is 74.6 cm³/mol. The molecule has 3 heterocycles. The maximum atomic E-state index is 12.4. The molecule has 0 radical (unpaired) electrons. The minimum Gasteiger partial charge on any atom is -0.341 e. The van der Waals surface area contributed by atoms with E-state index in [-0.39, 0.29) is 29.5 Å². The van der Waals surface area contributed by atoms with Crippen molar-refractivity contribution in [3.8, 4) is 0 Å². The molecule has 1 saturated heterocycles. The van der Waals surface area contributed by atoms with Gasteiger partial charge in [-0.15, -0.1) is 0 Å². The van der Waals surface area contributed by atoms with Crippen LogP contribution < -0.4 is 0 Å². The lowest BCUT2D eigenvalue weighted by atomic mass is 10.2. The Bertz CT molecular complexity index is 579. The highest BCUT2D eigenvalue weighted by molar-refractivity contribution is 6.20. The zero-order valence-corrected chi connectivity index (χ0v) is 11.9. The highest BCUT2D eigenvalue weighted by atomic mass is 16.2. The lowest BCUT2D eigenvalue weighted by molar-refractivity contribution is -0.130. The average Bonchev–Trinajstić information content (AvgIpc) is 3.05. The first-order chi connectivity index (χ1) is 10.1. The highest BCUT2D eigenvalue weighted by Gasteiger charge is 2.43. The van der Waals surface area contributed by atoms with Crippen molar-refractivity contribution < 1.29 is 14.4 Å². The number of carbonyl (C=O) groups is 3. The smallest absolute Gasteiger partial charge is 0.280 e. The second kappa shape index (κ2) is 5.27. The minimum absolute atomic E-state index is 0.0923. The predicted octanol–water partition coefficient (Wildman–Crippen LogP) is 1.08. The number of hydrogen-bond acceptors (Lipinski definition) is 4. The van der Waals surface area contributed by atoms with Gasteiger partial charge in [0.15, 0.2) is 0 Å². The van der Waals surface area contributed by atoms with Crippen molar-refractivity contribution in [1.29, 1.82) is 0 Å². The van der Waals surface area contributed by atoms with Crippen molar-refractivity contribution in [2.45, 2.75) is 32.2 Å². The number of likely N-dealkylation sites (tertiary alicyclic amines) is 1. The molecule has 21 heavy (non-hydrogen) atoms. The largest absolute Gasteiger partial charge is 0.341 e. The maximum absolute atomic E-state index is 12.4. The molecular weight excluding hydrogens is 270 g/mol. The van der Waals surface area contributed by atoms with Crippen LogP contribution in [0.4, 0.5) is 0 Å².